The van der Waals surface area contributed by atoms with Gasteiger partial charge in [0.05, 0.1) is 13.1 Å². The SMILES string of the molecule is CC(=O)N(C)Cc1nnc2n1CCCNC2. The molecule has 2 heterocycles. The molecule has 88 valence electrons. The average molecular weight is 223 g/mol. The Kier molecular flexibility index (Phi) is 3.19. The molecule has 1 aliphatic heterocycles. The van der Waals surface area contributed by atoms with Gasteiger partial charge in [0, 0.05) is 20.5 Å². The Bertz CT molecular complexity index is 387. The molecule has 0 unspecified atom stereocenters. The summed E-state index contributed by atoms with van der Waals surface area (Å²) in [5.41, 5.74) is 0. The normalized spacial score (nSPS) is 15.4. The fourth-order valence-corrected chi connectivity index (χ4v) is 1.76. The van der Waals surface area contributed by atoms with Gasteiger partial charge in [-0.3, -0.25) is 4.79 Å². The van der Waals surface area contributed by atoms with Crippen molar-refractivity contribution in [2.45, 2.75) is 33.0 Å². The Morgan fingerprint density at radius 2 is 2.38 bits per heavy atom. The topological polar surface area (TPSA) is 63.1 Å². The molecular formula is C10H17N5O. The lowest BCUT2D eigenvalue weighted by Crippen LogP contribution is -2.25. The molecular weight excluding hydrogens is 206 g/mol. The lowest BCUT2D eigenvalue weighted by molar-refractivity contribution is -0.128. The minimum atomic E-state index is 0.0455. The van der Waals surface area contributed by atoms with Crippen molar-refractivity contribution in [3.63, 3.8) is 0 Å². The number of amides is 1. The second-order valence-corrected chi connectivity index (χ2v) is 4.09. The number of carbonyl (C=O) groups is 1. The maximum absolute atomic E-state index is 11.2. The van der Waals surface area contributed by atoms with Crippen molar-refractivity contribution in [1.29, 1.82) is 0 Å². The second kappa shape index (κ2) is 4.61. The molecule has 6 heteroatoms. The van der Waals surface area contributed by atoms with Crippen molar-refractivity contribution >= 4 is 5.91 Å². The first-order valence-electron chi connectivity index (χ1n) is 5.52. The first-order valence-corrected chi connectivity index (χ1v) is 5.52. The summed E-state index contributed by atoms with van der Waals surface area (Å²) in [6, 6.07) is 0. The summed E-state index contributed by atoms with van der Waals surface area (Å²) in [5.74, 6) is 1.88. The van der Waals surface area contributed by atoms with Gasteiger partial charge in [-0.1, -0.05) is 0 Å². The molecule has 0 aliphatic carbocycles. The molecule has 0 atom stereocenters. The molecule has 0 radical (unpaired) electrons. The van der Waals surface area contributed by atoms with Crippen molar-refractivity contribution in [1.82, 2.24) is 25.0 Å². The fraction of sp³-hybridized carbons (Fsp3) is 0.700. The van der Waals surface area contributed by atoms with E-state index in [1.807, 2.05) is 0 Å². The number of nitrogens with zero attached hydrogens (tertiary/aromatic N) is 4. The summed E-state index contributed by atoms with van der Waals surface area (Å²) in [4.78, 5) is 12.8. The molecule has 2 rings (SSSR count). The summed E-state index contributed by atoms with van der Waals surface area (Å²) in [5, 5.41) is 11.6. The number of carbonyl (C=O) groups excluding carboxylic acids is 1. The van der Waals surface area contributed by atoms with Crippen LogP contribution in [-0.2, 0) is 24.4 Å². The van der Waals surface area contributed by atoms with Gasteiger partial charge in [0.1, 0.15) is 5.82 Å². The molecule has 0 spiro atoms. The zero-order valence-electron chi connectivity index (χ0n) is 9.73. The van der Waals surface area contributed by atoms with Crippen molar-refractivity contribution < 1.29 is 4.79 Å². The van der Waals surface area contributed by atoms with Gasteiger partial charge in [-0.2, -0.15) is 0 Å². The van der Waals surface area contributed by atoms with E-state index in [-0.39, 0.29) is 5.91 Å². The zero-order valence-corrected chi connectivity index (χ0v) is 9.73. The van der Waals surface area contributed by atoms with Crippen LogP contribution in [0.15, 0.2) is 0 Å². The van der Waals surface area contributed by atoms with Gasteiger partial charge in [-0.25, -0.2) is 0 Å². The van der Waals surface area contributed by atoms with E-state index in [0.29, 0.717) is 6.54 Å². The lowest BCUT2D eigenvalue weighted by Gasteiger charge is -2.14. The molecule has 1 aromatic rings. The molecule has 6 nitrogen and oxygen atoms in total. The highest BCUT2D eigenvalue weighted by atomic mass is 16.2. The van der Waals surface area contributed by atoms with Gasteiger partial charge < -0.3 is 14.8 Å². The number of rotatable bonds is 2. The van der Waals surface area contributed by atoms with Crippen LogP contribution in [0.25, 0.3) is 0 Å². The number of fused-ring (bicyclic) bond motifs is 1. The Labute approximate surface area is 94.6 Å². The predicted molar refractivity (Wildman–Crippen MR) is 58.5 cm³/mol. The molecule has 1 aromatic heterocycles. The highest BCUT2D eigenvalue weighted by molar-refractivity contribution is 5.72. The number of hydrogen-bond acceptors (Lipinski definition) is 4. The van der Waals surface area contributed by atoms with E-state index >= 15 is 0 Å². The Balaban J connectivity index is 2.16. The quantitative estimate of drug-likeness (QED) is 0.751. The monoisotopic (exact) mass is 223 g/mol. The lowest BCUT2D eigenvalue weighted by atomic mass is 10.4. The summed E-state index contributed by atoms with van der Waals surface area (Å²) in [7, 11) is 1.78. The summed E-state index contributed by atoms with van der Waals surface area (Å²) < 4.78 is 2.11. The number of nitrogens with one attached hydrogen (secondary N) is 1. The van der Waals surface area contributed by atoms with Gasteiger partial charge in [0.2, 0.25) is 5.91 Å². The van der Waals surface area contributed by atoms with Crippen LogP contribution in [0.4, 0.5) is 0 Å². The summed E-state index contributed by atoms with van der Waals surface area (Å²) in [6.45, 7) is 4.78. The van der Waals surface area contributed by atoms with Crippen LogP contribution in [0.3, 0.4) is 0 Å². The van der Waals surface area contributed by atoms with E-state index in [4.69, 9.17) is 0 Å². The molecule has 0 saturated heterocycles. The van der Waals surface area contributed by atoms with Gasteiger partial charge in [0.15, 0.2) is 5.82 Å². The summed E-state index contributed by atoms with van der Waals surface area (Å²) >= 11 is 0. The molecule has 0 bridgehead atoms. The number of aromatic nitrogens is 3. The minimum Gasteiger partial charge on any atom is -0.338 e. The maximum atomic E-state index is 11.2. The van der Waals surface area contributed by atoms with Crippen LogP contribution >= 0.6 is 0 Å². The Morgan fingerprint density at radius 3 is 3.12 bits per heavy atom. The van der Waals surface area contributed by atoms with Gasteiger partial charge in [-0.05, 0) is 13.0 Å². The fourth-order valence-electron chi connectivity index (χ4n) is 1.76. The largest absolute Gasteiger partial charge is 0.338 e. The standard InChI is InChI=1S/C10H17N5O/c1-8(16)14(2)7-10-13-12-9-6-11-4-3-5-15(9)10/h11H,3-7H2,1-2H3. The predicted octanol–water partition coefficient (Wildman–Crippen LogP) is -0.250. The molecule has 16 heavy (non-hydrogen) atoms. The van der Waals surface area contributed by atoms with Crippen LogP contribution in [0.2, 0.25) is 0 Å². The molecule has 1 amide bonds. The van der Waals surface area contributed by atoms with Crippen molar-refractivity contribution in [3.8, 4) is 0 Å². The van der Waals surface area contributed by atoms with Crippen LogP contribution < -0.4 is 5.32 Å². The van der Waals surface area contributed by atoms with E-state index in [1.165, 1.54) is 0 Å². The van der Waals surface area contributed by atoms with E-state index in [2.05, 4.69) is 20.1 Å². The zero-order chi connectivity index (χ0) is 11.5. The van der Waals surface area contributed by atoms with Crippen LogP contribution in [-0.4, -0.2) is 39.2 Å². The molecule has 0 saturated carbocycles. The van der Waals surface area contributed by atoms with E-state index < -0.39 is 0 Å². The molecule has 0 aromatic carbocycles. The van der Waals surface area contributed by atoms with Crippen molar-refractivity contribution in [3.05, 3.63) is 11.6 Å². The first kappa shape index (κ1) is 11.1. The first-order chi connectivity index (χ1) is 7.68. The third-order valence-corrected chi connectivity index (χ3v) is 2.84. The highest BCUT2D eigenvalue weighted by Crippen LogP contribution is 2.08. The minimum absolute atomic E-state index is 0.0455. The van der Waals surface area contributed by atoms with Crippen LogP contribution in [0.1, 0.15) is 25.0 Å². The Hall–Kier alpha value is -1.43. The molecule has 1 N–H and O–H groups in total. The van der Waals surface area contributed by atoms with Gasteiger partial charge in [0.25, 0.3) is 0 Å². The van der Waals surface area contributed by atoms with Crippen molar-refractivity contribution in [2.75, 3.05) is 13.6 Å². The summed E-state index contributed by atoms with van der Waals surface area (Å²) in [6.07, 6.45) is 1.07. The number of hydrogen-bond donors (Lipinski definition) is 1. The van der Waals surface area contributed by atoms with Gasteiger partial charge >= 0.3 is 0 Å². The maximum Gasteiger partial charge on any atom is 0.219 e. The van der Waals surface area contributed by atoms with Crippen molar-refractivity contribution in [2.24, 2.45) is 0 Å². The van der Waals surface area contributed by atoms with Crippen LogP contribution in [0.5, 0.6) is 0 Å². The second-order valence-electron chi connectivity index (χ2n) is 4.09. The highest BCUT2D eigenvalue weighted by Gasteiger charge is 2.16. The van der Waals surface area contributed by atoms with E-state index in [9.17, 15) is 4.79 Å². The molecule has 0 fully saturated rings. The van der Waals surface area contributed by atoms with E-state index in [1.54, 1.807) is 18.9 Å². The smallest absolute Gasteiger partial charge is 0.219 e. The third-order valence-electron chi connectivity index (χ3n) is 2.84. The molecule has 1 aliphatic rings. The average Bonchev–Trinajstić information content (AvgIpc) is 2.50. The third kappa shape index (κ3) is 2.21. The van der Waals surface area contributed by atoms with Gasteiger partial charge in [-0.15, -0.1) is 10.2 Å². The van der Waals surface area contributed by atoms with Crippen LogP contribution in [0, 0.1) is 0 Å². The van der Waals surface area contributed by atoms with E-state index in [0.717, 1.165) is 37.7 Å². The Morgan fingerprint density at radius 1 is 1.56 bits per heavy atom.